The third kappa shape index (κ3) is 5.77. The molecule has 0 bridgehead atoms. The number of halogens is 1. The monoisotopic (exact) mass is 497 g/mol. The number of hydrogen-bond acceptors (Lipinski definition) is 9. The number of ether oxygens (including phenoxy) is 1. The van der Waals surface area contributed by atoms with Gasteiger partial charge in [-0.05, 0) is 43.5 Å². The number of amides is 1. The van der Waals surface area contributed by atoms with Gasteiger partial charge in [0, 0.05) is 25.5 Å². The Bertz CT molecular complexity index is 1180. The number of nitrogens with zero attached hydrogens (tertiary/aromatic N) is 5. The van der Waals surface area contributed by atoms with Crippen molar-refractivity contribution in [2.75, 3.05) is 30.5 Å². The summed E-state index contributed by atoms with van der Waals surface area (Å²) in [6.45, 7) is 3.10. The van der Waals surface area contributed by atoms with Crippen LogP contribution in [0, 0.1) is 6.92 Å². The first kappa shape index (κ1) is 24.6. The lowest BCUT2D eigenvalue weighted by atomic mass is 10.1. The van der Waals surface area contributed by atoms with E-state index in [0.29, 0.717) is 46.2 Å². The number of methoxy groups -OCH3 is 1. The van der Waals surface area contributed by atoms with Gasteiger partial charge in [-0.25, -0.2) is 15.0 Å². The second-order valence-corrected chi connectivity index (χ2v) is 8.58. The lowest BCUT2D eigenvalue weighted by molar-refractivity contribution is 0.0949. The maximum Gasteiger partial charge on any atom is 0.257 e. The molecule has 10 nitrogen and oxygen atoms in total. The van der Waals surface area contributed by atoms with Crippen molar-refractivity contribution in [1.82, 2.24) is 25.3 Å². The molecule has 1 aromatic carbocycles. The van der Waals surface area contributed by atoms with Crippen molar-refractivity contribution in [2.24, 2.45) is 0 Å². The van der Waals surface area contributed by atoms with E-state index >= 15 is 0 Å². The minimum Gasteiger partial charge on any atom is -0.495 e. The number of aromatic nitrogens is 4. The van der Waals surface area contributed by atoms with E-state index < -0.39 is 0 Å². The molecule has 0 radical (unpaired) electrons. The van der Waals surface area contributed by atoms with E-state index in [1.54, 1.807) is 44.6 Å². The summed E-state index contributed by atoms with van der Waals surface area (Å²) in [6.07, 6.45) is 5.06. The van der Waals surface area contributed by atoms with Gasteiger partial charge in [-0.3, -0.25) is 4.79 Å². The Morgan fingerprint density at radius 3 is 2.77 bits per heavy atom. The van der Waals surface area contributed by atoms with Crippen molar-refractivity contribution in [3.8, 4) is 5.75 Å². The van der Waals surface area contributed by atoms with Crippen LogP contribution in [0.15, 0.2) is 36.7 Å². The lowest BCUT2D eigenvalue weighted by Crippen LogP contribution is -2.34. The largest absolute Gasteiger partial charge is 0.495 e. The number of aryl methyl sites for hydroxylation is 1. The van der Waals surface area contributed by atoms with E-state index in [9.17, 15) is 9.90 Å². The van der Waals surface area contributed by atoms with Crippen LogP contribution in [0.1, 0.15) is 40.3 Å². The van der Waals surface area contributed by atoms with E-state index in [2.05, 4.69) is 25.6 Å². The molecular weight excluding hydrogens is 470 g/mol. The molecule has 35 heavy (non-hydrogen) atoms. The molecule has 3 heterocycles. The normalized spacial score (nSPS) is 15.2. The van der Waals surface area contributed by atoms with Gasteiger partial charge in [0.25, 0.3) is 5.91 Å². The van der Waals surface area contributed by atoms with Gasteiger partial charge in [-0.15, -0.1) is 0 Å². The fourth-order valence-corrected chi connectivity index (χ4v) is 4.33. The Hall–Kier alpha value is -3.50. The zero-order chi connectivity index (χ0) is 24.8. The molecule has 11 heteroatoms. The van der Waals surface area contributed by atoms with Gasteiger partial charge >= 0.3 is 0 Å². The first-order valence-corrected chi connectivity index (χ1v) is 11.7. The van der Waals surface area contributed by atoms with Crippen molar-refractivity contribution in [3.05, 3.63) is 64.3 Å². The Labute approximate surface area is 208 Å². The smallest absolute Gasteiger partial charge is 0.257 e. The molecule has 1 fully saturated rings. The van der Waals surface area contributed by atoms with Crippen molar-refractivity contribution in [1.29, 1.82) is 0 Å². The number of nitrogens with one attached hydrogen (secondary N) is 2. The topological polar surface area (TPSA) is 125 Å². The Morgan fingerprint density at radius 1 is 1.26 bits per heavy atom. The zero-order valence-corrected chi connectivity index (χ0v) is 20.4. The Balaban J connectivity index is 1.62. The zero-order valence-electron chi connectivity index (χ0n) is 19.7. The molecule has 4 rings (SSSR count). The molecule has 3 aromatic rings. The Kier molecular flexibility index (Phi) is 7.94. The molecule has 2 aromatic heterocycles. The molecule has 0 unspecified atom stereocenters. The number of hydrogen-bond donors (Lipinski definition) is 3. The maximum absolute atomic E-state index is 13.2. The number of rotatable bonds is 9. The van der Waals surface area contributed by atoms with Crippen molar-refractivity contribution < 1.29 is 14.6 Å². The van der Waals surface area contributed by atoms with E-state index in [1.807, 2.05) is 11.0 Å². The van der Waals surface area contributed by atoms with Crippen molar-refractivity contribution >= 4 is 29.3 Å². The van der Waals surface area contributed by atoms with E-state index in [-0.39, 0.29) is 25.1 Å². The highest BCUT2D eigenvalue weighted by molar-refractivity contribution is 6.32. The number of aliphatic hydroxyl groups is 1. The summed E-state index contributed by atoms with van der Waals surface area (Å²) in [4.78, 5) is 32.8. The number of anilines is 2. The van der Waals surface area contributed by atoms with Gasteiger partial charge in [-0.2, -0.15) is 4.98 Å². The molecule has 1 amide bonds. The van der Waals surface area contributed by atoms with Crippen LogP contribution in [0.5, 0.6) is 5.75 Å². The third-order valence-electron chi connectivity index (χ3n) is 5.85. The van der Waals surface area contributed by atoms with E-state index in [4.69, 9.17) is 21.3 Å². The third-order valence-corrected chi connectivity index (χ3v) is 6.15. The van der Waals surface area contributed by atoms with E-state index in [1.165, 1.54) is 0 Å². The average molecular weight is 498 g/mol. The molecule has 0 saturated carbocycles. The summed E-state index contributed by atoms with van der Waals surface area (Å²) in [6, 6.07) is 7.16. The van der Waals surface area contributed by atoms with Crippen LogP contribution in [0.4, 0.5) is 11.8 Å². The minimum absolute atomic E-state index is 0.0226. The van der Waals surface area contributed by atoms with Crippen LogP contribution in [0.25, 0.3) is 0 Å². The lowest BCUT2D eigenvalue weighted by Gasteiger charge is -2.25. The van der Waals surface area contributed by atoms with Gasteiger partial charge in [0.2, 0.25) is 5.95 Å². The highest BCUT2D eigenvalue weighted by Crippen LogP contribution is 2.28. The second-order valence-electron chi connectivity index (χ2n) is 8.17. The molecular formula is C24H28ClN7O3. The number of benzene rings is 1. The second kappa shape index (κ2) is 11.3. The van der Waals surface area contributed by atoms with Crippen LogP contribution in [0.2, 0.25) is 5.02 Å². The highest BCUT2D eigenvalue weighted by Gasteiger charge is 2.28. The fourth-order valence-electron chi connectivity index (χ4n) is 4.05. The molecule has 3 N–H and O–H groups in total. The summed E-state index contributed by atoms with van der Waals surface area (Å²) >= 11 is 6.28. The predicted octanol–water partition coefficient (Wildman–Crippen LogP) is 2.74. The number of aliphatic hydroxyl groups excluding tert-OH is 1. The van der Waals surface area contributed by atoms with Crippen molar-refractivity contribution in [3.63, 3.8) is 0 Å². The first-order chi connectivity index (χ1) is 17.0. The van der Waals surface area contributed by atoms with Gasteiger partial charge < -0.3 is 25.4 Å². The van der Waals surface area contributed by atoms with Crippen LogP contribution in [0.3, 0.4) is 0 Å². The molecule has 0 aliphatic carbocycles. The van der Waals surface area contributed by atoms with Gasteiger partial charge in [0.05, 0.1) is 37.0 Å². The maximum atomic E-state index is 13.2. The minimum atomic E-state index is -0.336. The first-order valence-electron chi connectivity index (χ1n) is 11.4. The van der Waals surface area contributed by atoms with Gasteiger partial charge in [-0.1, -0.05) is 17.7 Å². The SMILES string of the molecule is COc1ccc(CNc2nc(N3CCC[C@H]3CO)nc(C)c2C(=O)NCc2ncccn2)cc1Cl. The molecule has 184 valence electrons. The van der Waals surface area contributed by atoms with E-state index in [0.717, 1.165) is 24.9 Å². The molecule has 1 aliphatic heterocycles. The van der Waals surface area contributed by atoms with Crippen LogP contribution in [-0.4, -0.2) is 57.3 Å². The molecule has 1 saturated heterocycles. The van der Waals surface area contributed by atoms with Crippen LogP contribution >= 0.6 is 11.6 Å². The quantitative estimate of drug-likeness (QED) is 0.409. The Morgan fingerprint density at radius 2 is 2.06 bits per heavy atom. The van der Waals surface area contributed by atoms with Crippen LogP contribution < -0.4 is 20.3 Å². The average Bonchev–Trinajstić information content (AvgIpc) is 3.35. The summed E-state index contributed by atoms with van der Waals surface area (Å²) < 4.78 is 5.22. The predicted molar refractivity (Wildman–Crippen MR) is 133 cm³/mol. The summed E-state index contributed by atoms with van der Waals surface area (Å²) in [5.41, 5.74) is 1.76. The summed E-state index contributed by atoms with van der Waals surface area (Å²) in [5.74, 6) is 1.63. The van der Waals surface area contributed by atoms with Crippen molar-refractivity contribution in [2.45, 2.75) is 38.9 Å². The standard InChI is InChI=1S/C24H28ClN7O3/c1-15-21(23(34)29-13-20-26-8-4-9-27-20)22(28-12-16-6-7-19(35-2)18(25)11-16)31-24(30-15)32-10-3-5-17(32)14-33/h4,6-9,11,17,33H,3,5,10,12-14H2,1-2H3,(H,29,34)(H,28,30,31)/t17-/m0/s1. The molecule has 1 aliphatic rings. The fraction of sp³-hybridized carbons (Fsp3) is 0.375. The van der Waals surface area contributed by atoms with Crippen LogP contribution in [-0.2, 0) is 13.1 Å². The summed E-state index contributed by atoms with van der Waals surface area (Å²) in [5, 5.41) is 16.4. The van der Waals surface area contributed by atoms with Gasteiger partial charge in [0.15, 0.2) is 0 Å². The highest BCUT2D eigenvalue weighted by atomic mass is 35.5. The molecule has 1 atom stereocenters. The van der Waals surface area contributed by atoms with Gasteiger partial charge in [0.1, 0.15) is 23.0 Å². The number of carbonyl (C=O) groups excluding carboxylic acids is 1. The molecule has 0 spiro atoms. The summed E-state index contributed by atoms with van der Waals surface area (Å²) in [7, 11) is 1.56. The number of carbonyl (C=O) groups is 1.